The fourth-order valence-corrected chi connectivity index (χ4v) is 3.09. The van der Waals surface area contributed by atoms with Crippen LogP contribution in [0.2, 0.25) is 10.0 Å². The molecule has 98 valence electrons. The summed E-state index contributed by atoms with van der Waals surface area (Å²) < 4.78 is 0. The molecule has 19 heavy (non-hydrogen) atoms. The molecular weight excluding hydrogens is 299 g/mol. The van der Waals surface area contributed by atoms with E-state index in [1.807, 2.05) is 37.3 Å². The van der Waals surface area contributed by atoms with Gasteiger partial charge >= 0.3 is 0 Å². The van der Waals surface area contributed by atoms with E-state index in [2.05, 4.69) is 0 Å². The number of benzene rings is 2. The van der Waals surface area contributed by atoms with Crippen molar-refractivity contribution < 1.29 is 0 Å². The number of nitrogens with one attached hydrogen (secondary N) is 1. The molecule has 0 aromatic heterocycles. The summed E-state index contributed by atoms with van der Waals surface area (Å²) in [6, 6.07) is 11.2. The second-order valence-corrected chi connectivity index (χ2v) is 5.94. The molecule has 0 unspecified atom stereocenters. The van der Waals surface area contributed by atoms with Gasteiger partial charge in [-0.05, 0) is 30.7 Å². The van der Waals surface area contributed by atoms with Crippen LogP contribution in [0.4, 0.5) is 0 Å². The molecule has 0 saturated heterocycles. The zero-order valence-electron chi connectivity index (χ0n) is 10.2. The highest BCUT2D eigenvalue weighted by atomic mass is 35.5. The predicted octanol–water partition coefficient (Wildman–Crippen LogP) is 4.74. The number of hydrogen-bond donors (Lipinski definition) is 2. The molecule has 0 bridgehead atoms. The van der Waals surface area contributed by atoms with E-state index >= 15 is 0 Å². The van der Waals surface area contributed by atoms with Crippen LogP contribution in [-0.4, -0.2) is 5.84 Å². The minimum atomic E-state index is 0.0614. The van der Waals surface area contributed by atoms with Crippen LogP contribution in [0.25, 0.3) is 0 Å². The maximum Gasteiger partial charge on any atom is 0.123 e. The fourth-order valence-electron chi connectivity index (χ4n) is 1.66. The molecule has 3 N–H and O–H groups in total. The summed E-state index contributed by atoms with van der Waals surface area (Å²) in [4.78, 5) is 1.93. The van der Waals surface area contributed by atoms with Crippen molar-refractivity contribution in [2.24, 2.45) is 5.73 Å². The smallest absolute Gasteiger partial charge is 0.123 e. The Kier molecular flexibility index (Phi) is 4.40. The molecule has 0 aliphatic rings. The molecule has 5 heteroatoms. The van der Waals surface area contributed by atoms with Gasteiger partial charge in [0.1, 0.15) is 5.84 Å². The number of nitrogens with two attached hydrogens (primary N) is 1. The summed E-state index contributed by atoms with van der Waals surface area (Å²) in [5, 5.41) is 8.68. The SMILES string of the molecule is Cc1cccc(C(=N)N)c1Sc1ccc(Cl)c(Cl)c1. The normalized spacial score (nSPS) is 10.5. The van der Waals surface area contributed by atoms with Crippen molar-refractivity contribution in [1.82, 2.24) is 0 Å². The van der Waals surface area contributed by atoms with Crippen molar-refractivity contribution in [2.75, 3.05) is 0 Å². The second kappa shape index (κ2) is 5.87. The first-order valence-electron chi connectivity index (χ1n) is 5.56. The monoisotopic (exact) mass is 310 g/mol. The van der Waals surface area contributed by atoms with Crippen LogP contribution in [0.5, 0.6) is 0 Å². The first-order valence-corrected chi connectivity index (χ1v) is 7.13. The highest BCUT2D eigenvalue weighted by molar-refractivity contribution is 7.99. The van der Waals surface area contributed by atoms with Crippen LogP contribution in [-0.2, 0) is 0 Å². The molecule has 2 nitrogen and oxygen atoms in total. The lowest BCUT2D eigenvalue weighted by atomic mass is 10.1. The van der Waals surface area contributed by atoms with Gasteiger partial charge in [0.15, 0.2) is 0 Å². The average molecular weight is 311 g/mol. The zero-order valence-corrected chi connectivity index (χ0v) is 12.5. The molecule has 0 spiro atoms. The van der Waals surface area contributed by atoms with Gasteiger partial charge in [-0.15, -0.1) is 0 Å². The Balaban J connectivity index is 2.42. The molecule has 0 aliphatic heterocycles. The van der Waals surface area contributed by atoms with Crippen LogP contribution < -0.4 is 5.73 Å². The molecule has 0 amide bonds. The van der Waals surface area contributed by atoms with Crippen LogP contribution >= 0.6 is 35.0 Å². The van der Waals surface area contributed by atoms with Gasteiger partial charge in [-0.25, -0.2) is 0 Å². The van der Waals surface area contributed by atoms with E-state index in [-0.39, 0.29) is 5.84 Å². The number of amidine groups is 1. The number of halogens is 2. The first kappa shape index (κ1) is 14.3. The molecule has 0 heterocycles. The molecule has 0 fully saturated rings. The lowest BCUT2D eigenvalue weighted by Crippen LogP contribution is -2.12. The number of aryl methyl sites for hydroxylation is 1. The third-order valence-corrected chi connectivity index (χ3v) is 4.59. The van der Waals surface area contributed by atoms with E-state index in [0.717, 1.165) is 20.9 Å². The maximum atomic E-state index is 7.63. The van der Waals surface area contributed by atoms with Gasteiger partial charge in [-0.2, -0.15) is 0 Å². The van der Waals surface area contributed by atoms with E-state index in [9.17, 15) is 0 Å². The van der Waals surface area contributed by atoms with Crippen molar-refractivity contribution in [3.8, 4) is 0 Å². The number of nitrogen functional groups attached to an aromatic ring is 1. The number of rotatable bonds is 3. The lowest BCUT2D eigenvalue weighted by molar-refractivity contribution is 1.25. The minimum absolute atomic E-state index is 0.0614. The molecular formula is C14H12Cl2N2S. The molecule has 0 saturated carbocycles. The zero-order chi connectivity index (χ0) is 14.0. The van der Waals surface area contributed by atoms with Gasteiger partial charge in [-0.3, -0.25) is 5.41 Å². The Hall–Kier alpha value is -1.16. The quantitative estimate of drug-likeness (QED) is 0.635. The van der Waals surface area contributed by atoms with E-state index in [1.54, 1.807) is 6.07 Å². The molecule has 2 aromatic rings. The molecule has 0 atom stereocenters. The lowest BCUT2D eigenvalue weighted by Gasteiger charge is -2.11. The summed E-state index contributed by atoms with van der Waals surface area (Å²) in [7, 11) is 0. The van der Waals surface area contributed by atoms with Gasteiger partial charge in [0, 0.05) is 15.4 Å². The van der Waals surface area contributed by atoms with E-state index in [0.29, 0.717) is 10.0 Å². The third kappa shape index (κ3) is 3.24. The van der Waals surface area contributed by atoms with Crippen molar-refractivity contribution >= 4 is 40.8 Å². The predicted molar refractivity (Wildman–Crippen MR) is 82.8 cm³/mol. The van der Waals surface area contributed by atoms with E-state index in [4.69, 9.17) is 34.3 Å². The van der Waals surface area contributed by atoms with Crippen molar-refractivity contribution in [3.63, 3.8) is 0 Å². The van der Waals surface area contributed by atoms with Crippen LogP contribution in [0.15, 0.2) is 46.2 Å². The summed E-state index contributed by atoms with van der Waals surface area (Å²) in [5.41, 5.74) is 7.42. The van der Waals surface area contributed by atoms with Gasteiger partial charge < -0.3 is 5.73 Å². The van der Waals surface area contributed by atoms with Crippen LogP contribution in [0.1, 0.15) is 11.1 Å². The Labute approximate surface area is 126 Å². The summed E-state index contributed by atoms with van der Waals surface area (Å²) in [5.74, 6) is 0.0614. The van der Waals surface area contributed by atoms with E-state index < -0.39 is 0 Å². The average Bonchev–Trinajstić information content (AvgIpc) is 2.36. The van der Waals surface area contributed by atoms with Crippen molar-refractivity contribution in [2.45, 2.75) is 16.7 Å². The van der Waals surface area contributed by atoms with Gasteiger partial charge in [0.25, 0.3) is 0 Å². The van der Waals surface area contributed by atoms with Crippen molar-refractivity contribution in [3.05, 3.63) is 57.6 Å². The van der Waals surface area contributed by atoms with E-state index in [1.165, 1.54) is 11.8 Å². The summed E-state index contributed by atoms with van der Waals surface area (Å²) in [6.07, 6.45) is 0. The summed E-state index contributed by atoms with van der Waals surface area (Å²) in [6.45, 7) is 1.99. The van der Waals surface area contributed by atoms with Gasteiger partial charge in [0.2, 0.25) is 0 Å². The Morgan fingerprint density at radius 3 is 2.53 bits per heavy atom. The Morgan fingerprint density at radius 2 is 1.89 bits per heavy atom. The van der Waals surface area contributed by atoms with Gasteiger partial charge in [-0.1, -0.05) is 53.2 Å². The first-order chi connectivity index (χ1) is 8.99. The second-order valence-electron chi connectivity index (χ2n) is 4.04. The fraction of sp³-hybridized carbons (Fsp3) is 0.0714. The minimum Gasteiger partial charge on any atom is -0.384 e. The van der Waals surface area contributed by atoms with Crippen LogP contribution in [0.3, 0.4) is 0 Å². The largest absolute Gasteiger partial charge is 0.384 e. The Bertz CT molecular complexity index is 641. The molecule has 0 aliphatic carbocycles. The molecule has 2 aromatic carbocycles. The van der Waals surface area contributed by atoms with Crippen LogP contribution in [0, 0.1) is 12.3 Å². The molecule has 0 radical (unpaired) electrons. The molecule has 2 rings (SSSR count). The van der Waals surface area contributed by atoms with Gasteiger partial charge in [0.05, 0.1) is 10.0 Å². The highest BCUT2D eigenvalue weighted by Gasteiger charge is 2.10. The Morgan fingerprint density at radius 1 is 1.16 bits per heavy atom. The summed E-state index contributed by atoms with van der Waals surface area (Å²) >= 11 is 13.4. The maximum absolute atomic E-state index is 7.63. The van der Waals surface area contributed by atoms with Crippen molar-refractivity contribution in [1.29, 1.82) is 5.41 Å². The topological polar surface area (TPSA) is 49.9 Å². The number of hydrogen-bond acceptors (Lipinski definition) is 2. The standard InChI is InChI=1S/C14H12Cl2N2S/c1-8-3-2-4-10(14(17)18)13(8)19-9-5-6-11(15)12(16)7-9/h2-7H,1H3,(H3,17,18). The highest BCUT2D eigenvalue weighted by Crippen LogP contribution is 2.35. The third-order valence-electron chi connectivity index (χ3n) is 2.61.